The standard InChI is InChI=1S/C62H45BN2O2S/c1-37-32-46-42-29-30-44(56(39-20-10-6-11-21-39)40-22-12-7-13-23-40)57-58-43-24-14-17-27-55(43)68-61(58)65(60(42)57)63-47-35-53-54(67-52-26-16-15-25-51(52)66-53)36-49(47)64(50(33-37)59(46)63)48-31-28-41(62(2,3)4)34-45(48)38-18-8-5-9-19-38/h5-36,56H,1-4H3. The maximum Gasteiger partial charge on any atom is 0.333 e. The number of nitrogens with zero attached hydrogens (tertiary/aromatic N) is 2. The molecule has 0 radical (unpaired) electrons. The molecule has 0 unspecified atom stereocenters. The molecule has 0 saturated carbocycles. The van der Waals surface area contributed by atoms with Crippen LogP contribution in [0.25, 0.3) is 53.5 Å². The average molecular weight is 893 g/mol. The highest BCUT2D eigenvalue weighted by Gasteiger charge is 2.45. The third-order valence-electron chi connectivity index (χ3n) is 14.5. The number of benzene rings is 9. The first-order valence-corrected chi connectivity index (χ1v) is 24.5. The van der Waals surface area contributed by atoms with Gasteiger partial charge in [-0.15, -0.1) is 11.3 Å². The lowest BCUT2D eigenvalue weighted by molar-refractivity contribution is 0.360. The van der Waals surface area contributed by atoms with Gasteiger partial charge in [0.25, 0.3) is 0 Å². The molecule has 3 aliphatic rings. The fourth-order valence-electron chi connectivity index (χ4n) is 11.5. The van der Waals surface area contributed by atoms with E-state index in [4.69, 9.17) is 9.47 Å². The predicted octanol–water partition coefficient (Wildman–Crippen LogP) is 15.8. The summed E-state index contributed by atoms with van der Waals surface area (Å²) in [6.45, 7) is 8.97. The van der Waals surface area contributed by atoms with Crippen molar-refractivity contribution < 1.29 is 9.47 Å². The predicted molar refractivity (Wildman–Crippen MR) is 285 cm³/mol. The van der Waals surface area contributed by atoms with Crippen molar-refractivity contribution >= 4 is 77.4 Å². The summed E-state index contributed by atoms with van der Waals surface area (Å²) in [7, 11) is 0. The summed E-state index contributed by atoms with van der Waals surface area (Å²) in [5.41, 5.74) is 18.3. The maximum atomic E-state index is 6.84. The van der Waals surface area contributed by atoms with Crippen LogP contribution in [0.1, 0.15) is 54.5 Å². The van der Waals surface area contributed by atoms with E-state index in [1.54, 1.807) is 0 Å². The van der Waals surface area contributed by atoms with E-state index in [2.05, 4.69) is 207 Å². The van der Waals surface area contributed by atoms with Crippen molar-refractivity contribution in [3.8, 4) is 45.3 Å². The summed E-state index contributed by atoms with van der Waals surface area (Å²) in [6, 6.07) is 71.4. The van der Waals surface area contributed by atoms with Crippen LogP contribution in [-0.4, -0.2) is 11.3 Å². The SMILES string of the molecule is Cc1cc2c3c(c1)N(c1ccc(C(C)(C)C)cc1-c1ccccc1)c1cc4c(cc1B3n1c3sc5ccccc5c3c3c(C(c5ccccc5)c5ccccc5)ccc-2c31)Oc1ccccc1O4. The minimum absolute atomic E-state index is 0.0119. The Hall–Kier alpha value is -7.80. The van der Waals surface area contributed by atoms with E-state index in [9.17, 15) is 0 Å². The molecule has 68 heavy (non-hydrogen) atoms. The first kappa shape index (κ1) is 39.4. The van der Waals surface area contributed by atoms with Crippen LogP contribution in [-0.2, 0) is 5.41 Å². The van der Waals surface area contributed by atoms with Gasteiger partial charge in [0.05, 0.1) is 10.5 Å². The minimum atomic E-state index is -0.186. The van der Waals surface area contributed by atoms with Crippen molar-refractivity contribution in [3.05, 3.63) is 222 Å². The topological polar surface area (TPSA) is 26.6 Å². The number of para-hydroxylation sites is 2. The quantitative estimate of drug-likeness (QED) is 0.127. The normalized spacial score (nSPS) is 13.3. The first-order valence-electron chi connectivity index (χ1n) is 23.6. The van der Waals surface area contributed by atoms with E-state index in [1.807, 2.05) is 35.6 Å². The van der Waals surface area contributed by atoms with Gasteiger partial charge in [-0.3, -0.25) is 0 Å². The Labute approximate surface area is 400 Å². The zero-order valence-corrected chi connectivity index (χ0v) is 39.1. The van der Waals surface area contributed by atoms with Crippen LogP contribution < -0.4 is 25.3 Å². The second-order valence-electron chi connectivity index (χ2n) is 19.7. The van der Waals surface area contributed by atoms with E-state index in [0.29, 0.717) is 11.5 Å². The number of rotatable bonds is 5. The molecule has 0 spiro atoms. The second-order valence-corrected chi connectivity index (χ2v) is 20.7. The summed E-state index contributed by atoms with van der Waals surface area (Å²) in [4.78, 5) is 3.80. The average Bonchev–Trinajstić information content (AvgIpc) is 3.90. The van der Waals surface area contributed by atoms with Crippen molar-refractivity contribution in [1.82, 2.24) is 4.48 Å². The lowest BCUT2D eigenvalue weighted by Crippen LogP contribution is -2.56. The van der Waals surface area contributed by atoms with Crippen molar-refractivity contribution in [3.63, 3.8) is 0 Å². The van der Waals surface area contributed by atoms with E-state index >= 15 is 0 Å². The van der Waals surface area contributed by atoms with Crippen LogP contribution >= 0.6 is 11.3 Å². The summed E-state index contributed by atoms with van der Waals surface area (Å²) in [5.74, 6) is 2.86. The van der Waals surface area contributed by atoms with Gasteiger partial charge in [0, 0.05) is 60.9 Å². The Kier molecular flexibility index (Phi) is 8.46. The number of thiophene rings is 1. The van der Waals surface area contributed by atoms with Crippen LogP contribution in [0.5, 0.6) is 23.0 Å². The van der Waals surface area contributed by atoms with Gasteiger partial charge >= 0.3 is 6.85 Å². The molecule has 9 aromatic carbocycles. The maximum absolute atomic E-state index is 6.84. The highest BCUT2D eigenvalue weighted by Crippen LogP contribution is 2.55. The molecule has 14 rings (SSSR count). The Morgan fingerprint density at radius 2 is 1.18 bits per heavy atom. The van der Waals surface area contributed by atoms with E-state index in [1.165, 1.54) is 97.9 Å². The molecule has 5 heterocycles. The summed E-state index contributed by atoms with van der Waals surface area (Å²) >= 11 is 1.91. The van der Waals surface area contributed by atoms with E-state index in [-0.39, 0.29) is 18.2 Å². The van der Waals surface area contributed by atoms with Crippen LogP contribution in [0.3, 0.4) is 0 Å². The molecule has 0 bridgehead atoms. The number of ether oxygens (including phenoxy) is 2. The van der Waals surface area contributed by atoms with Crippen molar-refractivity contribution in [2.24, 2.45) is 0 Å². The third-order valence-corrected chi connectivity index (χ3v) is 15.7. The molecule has 0 N–H and O–H groups in total. The monoisotopic (exact) mass is 892 g/mol. The number of anilines is 3. The van der Waals surface area contributed by atoms with Gasteiger partial charge in [0.15, 0.2) is 23.0 Å². The third kappa shape index (κ3) is 5.74. The van der Waals surface area contributed by atoms with E-state index < -0.39 is 0 Å². The molecule has 0 fully saturated rings. The molecule has 0 atom stereocenters. The van der Waals surface area contributed by atoms with Crippen molar-refractivity contribution in [2.75, 3.05) is 4.90 Å². The Bertz CT molecular complexity index is 3830. The number of fused-ring (bicyclic) bond motifs is 11. The Morgan fingerprint density at radius 1 is 0.529 bits per heavy atom. The summed E-state index contributed by atoms with van der Waals surface area (Å²) < 4.78 is 17.6. The molecule has 0 saturated heterocycles. The smallest absolute Gasteiger partial charge is 0.333 e. The number of hydrogen-bond acceptors (Lipinski definition) is 4. The summed E-state index contributed by atoms with van der Waals surface area (Å²) in [6.07, 6.45) is 0. The molecular weight excluding hydrogens is 848 g/mol. The molecule has 324 valence electrons. The van der Waals surface area contributed by atoms with Gasteiger partial charge in [-0.2, -0.15) is 0 Å². The fourth-order valence-corrected chi connectivity index (χ4v) is 12.8. The minimum Gasteiger partial charge on any atom is -0.450 e. The fraction of sp³-hybridized carbons (Fsp3) is 0.0968. The van der Waals surface area contributed by atoms with Crippen molar-refractivity contribution in [2.45, 2.75) is 39.0 Å². The molecule has 4 nitrogen and oxygen atoms in total. The second kappa shape index (κ2) is 14.6. The number of aryl methyl sites for hydroxylation is 1. The summed E-state index contributed by atoms with van der Waals surface area (Å²) in [5, 5.41) is 3.93. The zero-order chi connectivity index (χ0) is 45.4. The molecule has 0 aliphatic carbocycles. The zero-order valence-electron chi connectivity index (χ0n) is 38.2. The van der Waals surface area contributed by atoms with Crippen LogP contribution in [0.4, 0.5) is 17.1 Å². The van der Waals surface area contributed by atoms with Crippen molar-refractivity contribution in [1.29, 1.82) is 0 Å². The molecule has 2 aromatic heterocycles. The highest BCUT2D eigenvalue weighted by atomic mass is 32.1. The van der Waals surface area contributed by atoms with Gasteiger partial charge in [0.2, 0.25) is 0 Å². The molecule has 11 aromatic rings. The van der Waals surface area contributed by atoms with Gasteiger partial charge < -0.3 is 18.9 Å². The lowest BCUT2D eigenvalue weighted by atomic mass is 9.45. The van der Waals surface area contributed by atoms with Gasteiger partial charge in [-0.25, -0.2) is 0 Å². The molecule has 3 aliphatic heterocycles. The molecular formula is C62H45BN2O2S. The van der Waals surface area contributed by atoms with E-state index in [0.717, 1.165) is 22.9 Å². The lowest BCUT2D eigenvalue weighted by Gasteiger charge is -2.42. The Morgan fingerprint density at radius 3 is 1.88 bits per heavy atom. The van der Waals surface area contributed by atoms with Gasteiger partial charge in [-0.1, -0.05) is 166 Å². The number of hydrogen-bond donors (Lipinski definition) is 0. The highest BCUT2D eigenvalue weighted by molar-refractivity contribution is 7.26. The van der Waals surface area contributed by atoms with Gasteiger partial charge in [-0.05, 0) is 105 Å². The molecule has 6 heteroatoms. The number of aromatic nitrogens is 1. The molecule has 0 amide bonds. The first-order chi connectivity index (χ1) is 33.3. The Balaban J connectivity index is 1.12. The van der Waals surface area contributed by atoms with Gasteiger partial charge in [0.1, 0.15) is 0 Å². The van der Waals surface area contributed by atoms with Crippen LogP contribution in [0.2, 0.25) is 0 Å². The van der Waals surface area contributed by atoms with Crippen LogP contribution in [0, 0.1) is 6.92 Å². The largest absolute Gasteiger partial charge is 0.450 e. The van der Waals surface area contributed by atoms with Crippen LogP contribution in [0.15, 0.2) is 194 Å².